The standard InChI is InChI=1S/C6H9Cl2N/c7-6(8)5-9-3-1-2-4-9/h1,3,6H,2,4-5H2. The largest absolute Gasteiger partial charge is 0.375 e. The first-order chi connectivity index (χ1) is 4.29. The summed E-state index contributed by atoms with van der Waals surface area (Å²) >= 11 is 11.1. The van der Waals surface area contributed by atoms with Crippen molar-refractivity contribution in [2.75, 3.05) is 13.1 Å². The van der Waals surface area contributed by atoms with Gasteiger partial charge in [0.15, 0.2) is 0 Å². The minimum atomic E-state index is -0.257. The van der Waals surface area contributed by atoms with Gasteiger partial charge < -0.3 is 4.90 Å². The Morgan fingerprint density at radius 3 is 2.78 bits per heavy atom. The van der Waals surface area contributed by atoms with Crippen LogP contribution in [-0.2, 0) is 0 Å². The summed E-state index contributed by atoms with van der Waals surface area (Å²) < 4.78 is 0. The first-order valence-corrected chi connectivity index (χ1v) is 3.85. The molecule has 0 unspecified atom stereocenters. The molecule has 0 aromatic carbocycles. The fraction of sp³-hybridized carbons (Fsp3) is 0.667. The Kier molecular flexibility index (Phi) is 2.67. The van der Waals surface area contributed by atoms with Gasteiger partial charge in [0.1, 0.15) is 4.84 Å². The van der Waals surface area contributed by atoms with Crippen molar-refractivity contribution in [1.29, 1.82) is 0 Å². The van der Waals surface area contributed by atoms with Crippen molar-refractivity contribution in [3.05, 3.63) is 12.3 Å². The molecule has 9 heavy (non-hydrogen) atoms. The van der Waals surface area contributed by atoms with Gasteiger partial charge in [0.25, 0.3) is 0 Å². The van der Waals surface area contributed by atoms with Gasteiger partial charge >= 0.3 is 0 Å². The Hall–Kier alpha value is 0.120. The highest BCUT2D eigenvalue weighted by Gasteiger charge is 2.07. The molecule has 0 atom stereocenters. The highest BCUT2D eigenvalue weighted by molar-refractivity contribution is 6.44. The van der Waals surface area contributed by atoms with Gasteiger partial charge in [0.2, 0.25) is 0 Å². The van der Waals surface area contributed by atoms with Crippen LogP contribution in [-0.4, -0.2) is 22.8 Å². The van der Waals surface area contributed by atoms with Crippen LogP contribution in [0.5, 0.6) is 0 Å². The summed E-state index contributed by atoms with van der Waals surface area (Å²) in [5, 5.41) is 0. The molecule has 1 heterocycles. The minimum Gasteiger partial charge on any atom is -0.375 e. The maximum Gasteiger partial charge on any atom is 0.125 e. The van der Waals surface area contributed by atoms with Crippen LogP contribution in [0.25, 0.3) is 0 Å². The molecule has 0 fully saturated rings. The lowest BCUT2D eigenvalue weighted by Gasteiger charge is -2.14. The maximum atomic E-state index is 5.55. The maximum absolute atomic E-state index is 5.55. The van der Waals surface area contributed by atoms with E-state index in [1.807, 2.05) is 6.20 Å². The summed E-state index contributed by atoms with van der Waals surface area (Å²) in [7, 11) is 0. The Bertz CT molecular complexity index is 112. The molecule has 0 saturated heterocycles. The van der Waals surface area contributed by atoms with E-state index in [2.05, 4.69) is 11.0 Å². The van der Waals surface area contributed by atoms with Gasteiger partial charge in [0.05, 0.1) is 0 Å². The van der Waals surface area contributed by atoms with Gasteiger partial charge in [-0.05, 0) is 12.6 Å². The Balaban J connectivity index is 2.20. The van der Waals surface area contributed by atoms with Gasteiger partial charge in [-0.2, -0.15) is 0 Å². The zero-order valence-corrected chi connectivity index (χ0v) is 6.57. The van der Waals surface area contributed by atoms with Crippen molar-refractivity contribution in [3.63, 3.8) is 0 Å². The predicted molar refractivity (Wildman–Crippen MR) is 40.8 cm³/mol. The Morgan fingerprint density at radius 1 is 1.56 bits per heavy atom. The molecule has 0 radical (unpaired) electrons. The number of hydrogen-bond acceptors (Lipinski definition) is 1. The second-order valence-electron chi connectivity index (χ2n) is 2.06. The lowest BCUT2D eigenvalue weighted by molar-refractivity contribution is 0.424. The normalized spacial score (nSPS) is 17.9. The molecule has 0 aliphatic carbocycles. The smallest absolute Gasteiger partial charge is 0.125 e. The highest BCUT2D eigenvalue weighted by atomic mass is 35.5. The summed E-state index contributed by atoms with van der Waals surface area (Å²) in [6, 6.07) is 0. The minimum absolute atomic E-state index is 0.257. The summed E-state index contributed by atoms with van der Waals surface area (Å²) in [6.45, 7) is 1.82. The van der Waals surface area contributed by atoms with Gasteiger partial charge in [-0.15, -0.1) is 23.2 Å². The molecule has 1 nitrogen and oxygen atoms in total. The van der Waals surface area contributed by atoms with Crippen molar-refractivity contribution >= 4 is 23.2 Å². The van der Waals surface area contributed by atoms with Crippen molar-refractivity contribution in [2.45, 2.75) is 11.3 Å². The molecule has 1 aliphatic heterocycles. The number of alkyl halides is 2. The Morgan fingerprint density at radius 2 is 2.33 bits per heavy atom. The third-order valence-electron chi connectivity index (χ3n) is 1.27. The molecular formula is C6H9Cl2N. The van der Waals surface area contributed by atoms with Crippen molar-refractivity contribution in [1.82, 2.24) is 4.90 Å². The lowest BCUT2D eigenvalue weighted by atomic mass is 10.5. The fourth-order valence-corrected chi connectivity index (χ4v) is 1.22. The molecule has 1 rings (SSSR count). The molecule has 0 aromatic heterocycles. The summed E-state index contributed by atoms with van der Waals surface area (Å²) in [6.07, 6.45) is 5.29. The first-order valence-electron chi connectivity index (χ1n) is 2.98. The van der Waals surface area contributed by atoms with Crippen LogP contribution in [0.4, 0.5) is 0 Å². The molecule has 0 bridgehead atoms. The highest BCUT2D eigenvalue weighted by Crippen LogP contribution is 2.09. The quantitative estimate of drug-likeness (QED) is 0.567. The fourth-order valence-electron chi connectivity index (χ4n) is 0.868. The monoisotopic (exact) mass is 165 g/mol. The van der Waals surface area contributed by atoms with E-state index in [4.69, 9.17) is 23.2 Å². The third-order valence-corrected chi connectivity index (χ3v) is 1.55. The number of halogens is 2. The van der Waals surface area contributed by atoms with Crippen molar-refractivity contribution in [2.24, 2.45) is 0 Å². The SMILES string of the molecule is ClC(Cl)CN1C=CCC1. The summed E-state index contributed by atoms with van der Waals surface area (Å²) in [4.78, 5) is 1.86. The van der Waals surface area contributed by atoms with Gasteiger partial charge in [-0.3, -0.25) is 0 Å². The number of hydrogen-bond donors (Lipinski definition) is 0. The van der Waals surface area contributed by atoms with Crippen LogP contribution < -0.4 is 0 Å². The molecule has 0 saturated carbocycles. The molecular weight excluding hydrogens is 157 g/mol. The number of rotatable bonds is 2. The van der Waals surface area contributed by atoms with E-state index in [1.54, 1.807) is 0 Å². The zero-order chi connectivity index (χ0) is 6.69. The third kappa shape index (κ3) is 2.46. The molecule has 0 aromatic rings. The van der Waals surface area contributed by atoms with Crippen LogP contribution in [0.3, 0.4) is 0 Å². The molecule has 1 aliphatic rings. The first kappa shape index (κ1) is 7.23. The van der Waals surface area contributed by atoms with E-state index in [9.17, 15) is 0 Å². The molecule has 0 N–H and O–H groups in total. The van der Waals surface area contributed by atoms with Crippen LogP contribution in [0, 0.1) is 0 Å². The average molecular weight is 166 g/mol. The summed E-state index contributed by atoms with van der Waals surface area (Å²) in [5.74, 6) is 0. The van der Waals surface area contributed by atoms with E-state index in [-0.39, 0.29) is 4.84 Å². The van der Waals surface area contributed by atoms with Crippen LogP contribution in [0.15, 0.2) is 12.3 Å². The van der Waals surface area contributed by atoms with E-state index in [0.29, 0.717) is 0 Å². The van der Waals surface area contributed by atoms with Gasteiger partial charge in [-0.1, -0.05) is 6.08 Å². The lowest BCUT2D eigenvalue weighted by Crippen LogP contribution is -2.20. The van der Waals surface area contributed by atoms with Gasteiger partial charge in [0, 0.05) is 13.1 Å². The van der Waals surface area contributed by atoms with Crippen molar-refractivity contribution in [3.8, 4) is 0 Å². The Labute approximate surface area is 65.2 Å². The van der Waals surface area contributed by atoms with Crippen LogP contribution >= 0.6 is 23.2 Å². The second-order valence-corrected chi connectivity index (χ2v) is 3.34. The van der Waals surface area contributed by atoms with Gasteiger partial charge in [-0.25, -0.2) is 0 Å². The van der Waals surface area contributed by atoms with E-state index in [0.717, 1.165) is 19.5 Å². The zero-order valence-electron chi connectivity index (χ0n) is 5.06. The van der Waals surface area contributed by atoms with Crippen molar-refractivity contribution < 1.29 is 0 Å². The second kappa shape index (κ2) is 3.33. The van der Waals surface area contributed by atoms with Crippen LogP contribution in [0.1, 0.15) is 6.42 Å². The molecule has 3 heteroatoms. The van der Waals surface area contributed by atoms with Crippen LogP contribution in [0.2, 0.25) is 0 Å². The van der Waals surface area contributed by atoms with E-state index in [1.165, 1.54) is 0 Å². The summed E-state index contributed by atoms with van der Waals surface area (Å²) in [5.41, 5.74) is 0. The average Bonchev–Trinajstić information content (AvgIpc) is 2.15. The molecule has 0 amide bonds. The number of nitrogens with zero attached hydrogens (tertiary/aromatic N) is 1. The molecule has 52 valence electrons. The van der Waals surface area contributed by atoms with E-state index < -0.39 is 0 Å². The predicted octanol–water partition coefficient (Wildman–Crippen LogP) is 2.01. The van der Waals surface area contributed by atoms with E-state index >= 15 is 0 Å². The molecule has 0 spiro atoms. The topological polar surface area (TPSA) is 3.24 Å².